The number of benzene rings is 1. The van der Waals surface area contributed by atoms with Gasteiger partial charge in [-0.25, -0.2) is 23.1 Å². The van der Waals surface area contributed by atoms with E-state index in [2.05, 4.69) is 37.0 Å². The summed E-state index contributed by atoms with van der Waals surface area (Å²) >= 11 is 0. The fourth-order valence-electron chi connectivity index (χ4n) is 6.45. The Morgan fingerprint density at radius 3 is 3.00 bits per heavy atom. The molecule has 0 radical (unpaired) electrons. The average molecular weight is 559 g/mol. The number of carbonyl (C=O) groups is 1. The monoisotopic (exact) mass is 558 g/mol. The van der Waals surface area contributed by atoms with Crippen molar-refractivity contribution < 1.29 is 18.0 Å². The number of amides is 1. The first-order chi connectivity index (χ1) is 19.8. The van der Waals surface area contributed by atoms with Crippen LogP contribution in [-0.2, 0) is 13.0 Å². The third-order valence-electron chi connectivity index (χ3n) is 8.54. The lowest BCUT2D eigenvalue weighted by molar-refractivity contribution is 0.0936. The summed E-state index contributed by atoms with van der Waals surface area (Å²) < 4.78 is 43.4. The lowest BCUT2D eigenvalue weighted by Gasteiger charge is -2.17. The number of aromatic amines is 1. The first kappa shape index (κ1) is 25.8. The summed E-state index contributed by atoms with van der Waals surface area (Å²) in [6.07, 6.45) is 1.75. The van der Waals surface area contributed by atoms with E-state index in [0.29, 0.717) is 51.7 Å². The number of carbonyl (C=O) groups excluding carboxylic acids is 1. The molecule has 1 saturated carbocycles. The molecule has 1 aromatic carbocycles. The molecule has 10 heteroatoms. The number of pyridine rings is 1. The van der Waals surface area contributed by atoms with Crippen LogP contribution in [0.2, 0.25) is 0 Å². The van der Waals surface area contributed by atoms with Crippen molar-refractivity contribution in [1.29, 1.82) is 0 Å². The highest BCUT2D eigenvalue weighted by Gasteiger charge is 2.58. The molecule has 2 aliphatic heterocycles. The zero-order valence-corrected chi connectivity index (χ0v) is 22.6. The van der Waals surface area contributed by atoms with Crippen molar-refractivity contribution in [2.45, 2.75) is 38.5 Å². The first-order valence-corrected chi connectivity index (χ1v) is 13.9. The quantitative estimate of drug-likeness (QED) is 0.347. The smallest absolute Gasteiger partial charge is 0.270 e. The van der Waals surface area contributed by atoms with Gasteiger partial charge in [0.25, 0.3) is 5.91 Å². The maximum Gasteiger partial charge on any atom is 0.270 e. The van der Waals surface area contributed by atoms with Crippen LogP contribution in [0.3, 0.4) is 0 Å². The fraction of sp³-hybridized carbons (Fsp3) is 0.387. The molecule has 210 valence electrons. The molecular weight excluding hydrogens is 529 g/mol. The van der Waals surface area contributed by atoms with Gasteiger partial charge in [-0.3, -0.25) is 9.69 Å². The standard InChI is InChI=1S/C31H29F3N6O/c1-18-9-19(5-6-31-13-20(31)14-39(16-31)8-7-32)10-26(36-18)30(41)38-28(29-27-11-21(33)15-40(27)17-35-29)25-12-22-23(34)3-2-4-24(22)37-25/h2-4,9-10,12,17,20-21,28,37H,7-8,11,13-16H2,1H3,(H,38,41)/t20-,21+,28?,31+/m0/s1. The van der Waals surface area contributed by atoms with Crippen LogP contribution >= 0.6 is 0 Å². The number of imidazole rings is 1. The van der Waals surface area contributed by atoms with Crippen molar-refractivity contribution in [1.82, 2.24) is 29.7 Å². The number of rotatable bonds is 6. The predicted molar refractivity (Wildman–Crippen MR) is 147 cm³/mol. The van der Waals surface area contributed by atoms with E-state index < -0.39 is 18.1 Å². The van der Waals surface area contributed by atoms with E-state index in [9.17, 15) is 18.0 Å². The number of aryl methyl sites for hydroxylation is 1. The Bertz CT molecular complexity index is 1730. The SMILES string of the molecule is Cc1cc(C#C[C@]23C[C@H]2CN(CCF)C3)cc(C(=O)NC(c2cc3c(F)cccc3[nH]2)c2ncn3c2C[C@@H](F)C3)n1. The van der Waals surface area contributed by atoms with Crippen molar-refractivity contribution in [3.05, 3.63) is 82.6 Å². The zero-order chi connectivity index (χ0) is 28.3. The summed E-state index contributed by atoms with van der Waals surface area (Å²) in [6.45, 7) is 3.74. The average Bonchev–Trinajstić information content (AvgIpc) is 3.39. The highest BCUT2D eigenvalue weighted by atomic mass is 19.1. The van der Waals surface area contributed by atoms with E-state index in [-0.39, 0.29) is 36.6 Å². The first-order valence-electron chi connectivity index (χ1n) is 13.9. The third-order valence-corrected chi connectivity index (χ3v) is 8.54. The molecule has 4 aromatic rings. The Morgan fingerprint density at radius 1 is 1.29 bits per heavy atom. The van der Waals surface area contributed by atoms with Gasteiger partial charge in [0.15, 0.2) is 0 Å². The molecule has 3 aliphatic rings. The van der Waals surface area contributed by atoms with Gasteiger partial charge in [-0.15, -0.1) is 0 Å². The number of nitrogens with zero attached hydrogens (tertiary/aromatic N) is 4. The fourth-order valence-corrected chi connectivity index (χ4v) is 6.45. The molecular formula is C31H29F3N6O. The van der Waals surface area contributed by atoms with Crippen molar-refractivity contribution in [2.24, 2.45) is 11.3 Å². The van der Waals surface area contributed by atoms with Crippen LogP contribution in [-0.4, -0.2) is 62.8 Å². The number of likely N-dealkylation sites (tertiary alicyclic amines) is 1. The summed E-state index contributed by atoms with van der Waals surface area (Å²) in [4.78, 5) is 28.0. The molecule has 0 spiro atoms. The van der Waals surface area contributed by atoms with Crippen LogP contribution in [0.4, 0.5) is 13.2 Å². The largest absolute Gasteiger partial charge is 0.356 e. The molecule has 5 heterocycles. The minimum Gasteiger partial charge on any atom is -0.356 e. The van der Waals surface area contributed by atoms with Gasteiger partial charge >= 0.3 is 0 Å². The maximum atomic E-state index is 14.5. The Kier molecular flexibility index (Phi) is 6.16. The van der Waals surface area contributed by atoms with Crippen molar-refractivity contribution in [2.75, 3.05) is 26.3 Å². The Labute approximate surface area is 235 Å². The Balaban J connectivity index is 1.19. The molecule has 41 heavy (non-hydrogen) atoms. The van der Waals surface area contributed by atoms with Crippen LogP contribution in [0.1, 0.15) is 51.3 Å². The van der Waals surface area contributed by atoms with Gasteiger partial charge in [0.2, 0.25) is 0 Å². The summed E-state index contributed by atoms with van der Waals surface area (Å²) in [7, 11) is 0. The topological polar surface area (TPSA) is 78.8 Å². The number of piperidine rings is 1. The number of fused-ring (bicyclic) bond motifs is 3. The lowest BCUT2D eigenvalue weighted by atomic mass is 10.0. The maximum absolute atomic E-state index is 14.5. The minimum absolute atomic E-state index is 0.0967. The number of H-pyrrole nitrogens is 1. The van der Waals surface area contributed by atoms with E-state index in [0.717, 1.165) is 19.5 Å². The van der Waals surface area contributed by atoms with Crippen molar-refractivity contribution in [3.63, 3.8) is 0 Å². The second-order valence-corrected chi connectivity index (χ2v) is 11.5. The van der Waals surface area contributed by atoms with Gasteiger partial charge in [0.05, 0.1) is 18.6 Å². The predicted octanol–water partition coefficient (Wildman–Crippen LogP) is 4.26. The molecule has 2 fully saturated rings. The van der Waals surface area contributed by atoms with E-state index >= 15 is 0 Å². The number of halogens is 3. The van der Waals surface area contributed by atoms with E-state index in [4.69, 9.17) is 0 Å². The van der Waals surface area contributed by atoms with E-state index in [1.54, 1.807) is 42.1 Å². The van der Waals surface area contributed by atoms with Crippen LogP contribution in [0.15, 0.2) is 42.7 Å². The second-order valence-electron chi connectivity index (χ2n) is 11.5. The number of nitrogens with one attached hydrogen (secondary N) is 2. The van der Waals surface area contributed by atoms with Gasteiger partial charge in [0, 0.05) is 65.0 Å². The Morgan fingerprint density at radius 2 is 2.17 bits per heavy atom. The summed E-state index contributed by atoms with van der Waals surface area (Å²) in [5.74, 6) is 6.29. The van der Waals surface area contributed by atoms with E-state index in [1.807, 2.05) is 6.07 Å². The lowest BCUT2D eigenvalue weighted by Crippen LogP contribution is -2.31. The zero-order valence-electron chi connectivity index (χ0n) is 22.6. The number of alkyl halides is 2. The van der Waals surface area contributed by atoms with Gasteiger partial charge in [-0.2, -0.15) is 0 Å². The van der Waals surface area contributed by atoms with Crippen LogP contribution in [0, 0.1) is 35.9 Å². The molecule has 1 aliphatic carbocycles. The van der Waals surface area contributed by atoms with Crippen molar-refractivity contribution in [3.8, 4) is 11.8 Å². The molecule has 1 saturated heterocycles. The van der Waals surface area contributed by atoms with Crippen LogP contribution in [0.5, 0.6) is 0 Å². The highest BCUT2D eigenvalue weighted by Crippen LogP contribution is 2.57. The van der Waals surface area contributed by atoms with E-state index in [1.165, 1.54) is 6.07 Å². The molecule has 7 nitrogen and oxygen atoms in total. The van der Waals surface area contributed by atoms with Gasteiger partial charge < -0.3 is 14.9 Å². The molecule has 1 amide bonds. The van der Waals surface area contributed by atoms with Gasteiger partial charge in [-0.05, 0) is 49.6 Å². The highest BCUT2D eigenvalue weighted by molar-refractivity contribution is 5.93. The summed E-state index contributed by atoms with van der Waals surface area (Å²) in [5, 5.41) is 3.41. The third kappa shape index (κ3) is 4.68. The number of aromatic nitrogens is 4. The molecule has 1 unspecified atom stereocenters. The van der Waals surface area contributed by atoms with Gasteiger partial charge in [0.1, 0.15) is 30.4 Å². The normalized spacial score (nSPS) is 23.6. The minimum atomic E-state index is -1.03. The summed E-state index contributed by atoms with van der Waals surface area (Å²) in [6, 6.07) is 9.13. The molecule has 3 aromatic heterocycles. The van der Waals surface area contributed by atoms with Crippen molar-refractivity contribution >= 4 is 16.8 Å². The molecule has 7 rings (SSSR count). The second kappa shape index (κ2) is 9.77. The van der Waals surface area contributed by atoms with Crippen LogP contribution < -0.4 is 5.32 Å². The van der Waals surface area contributed by atoms with Crippen LogP contribution in [0.25, 0.3) is 10.9 Å². The molecule has 2 N–H and O–H groups in total. The summed E-state index contributed by atoms with van der Waals surface area (Å²) in [5.41, 5.74) is 3.74. The molecule has 0 bridgehead atoms. The van der Waals surface area contributed by atoms with Gasteiger partial charge in [-0.1, -0.05) is 17.9 Å². The number of hydrogen-bond acceptors (Lipinski definition) is 4. The number of hydrogen-bond donors (Lipinski definition) is 2. The molecule has 4 atom stereocenters. The Hall–Kier alpha value is -4.10.